The molecule has 0 aromatic carbocycles. The molecule has 2 aromatic heterocycles. The first-order valence-electron chi connectivity index (χ1n) is 7.20. The molecule has 3 nitrogen and oxygen atoms in total. The molecule has 21 heavy (non-hydrogen) atoms. The zero-order valence-electron chi connectivity index (χ0n) is 13.9. The quantitative estimate of drug-likeness (QED) is 0.542. The molecule has 0 amide bonds. The lowest BCUT2D eigenvalue weighted by Gasteiger charge is -2.17. The van der Waals surface area contributed by atoms with Crippen molar-refractivity contribution in [2.75, 3.05) is 0 Å². The maximum absolute atomic E-state index is 10.7. The maximum Gasteiger partial charge on any atom is 0.180 e. The fourth-order valence-corrected chi connectivity index (χ4v) is 1.76. The van der Waals surface area contributed by atoms with Gasteiger partial charge in [-0.05, 0) is 34.1 Å². The monoisotopic (exact) mass is 286 g/mol. The first-order valence-corrected chi connectivity index (χ1v) is 7.20. The summed E-state index contributed by atoms with van der Waals surface area (Å²) in [6.45, 7) is 13.0. The summed E-state index contributed by atoms with van der Waals surface area (Å²) in [7, 11) is 0. The average Bonchev–Trinajstić information content (AvgIpc) is 2.39. The van der Waals surface area contributed by atoms with Crippen molar-refractivity contribution in [1.82, 2.24) is 4.98 Å². The minimum Gasteiger partial charge on any atom is -0.619 e. The minimum absolute atomic E-state index is 0.133. The van der Waals surface area contributed by atoms with Gasteiger partial charge in [0.2, 0.25) is 0 Å². The second-order valence-corrected chi connectivity index (χ2v) is 7.18. The Morgan fingerprint density at radius 3 is 1.48 bits per heavy atom. The molecule has 0 spiro atoms. The highest BCUT2D eigenvalue weighted by atomic mass is 16.5. The molecule has 0 saturated heterocycles. The summed E-state index contributed by atoms with van der Waals surface area (Å²) in [5, 5.41) is 10.7. The van der Waals surface area contributed by atoms with Crippen LogP contribution in [0.15, 0.2) is 49.1 Å². The van der Waals surface area contributed by atoms with E-state index in [-0.39, 0.29) is 10.8 Å². The van der Waals surface area contributed by atoms with E-state index in [1.54, 1.807) is 0 Å². The molecule has 0 aliphatic carbocycles. The van der Waals surface area contributed by atoms with E-state index in [9.17, 15) is 5.21 Å². The standard InChI is InChI=1S/C9H13NO.C9H13N/c1-9(2,3)8-4-6-10(11)7-5-8;1-9(2,3)8-4-6-10-7-5-8/h4-7H,1-3H3;4-7H,1-3H3. The van der Waals surface area contributed by atoms with Crippen molar-refractivity contribution in [3.63, 3.8) is 0 Å². The molecule has 3 heteroatoms. The van der Waals surface area contributed by atoms with Gasteiger partial charge in [-0.2, -0.15) is 4.73 Å². The molecule has 2 heterocycles. The van der Waals surface area contributed by atoms with Gasteiger partial charge in [0.15, 0.2) is 12.4 Å². The summed E-state index contributed by atoms with van der Waals surface area (Å²) < 4.78 is 0.801. The SMILES string of the molecule is CC(C)(C)c1cc[n+]([O-])cc1.CC(C)(C)c1ccncc1. The number of rotatable bonds is 0. The normalized spacial score (nSPS) is 11.5. The van der Waals surface area contributed by atoms with E-state index in [1.807, 2.05) is 24.5 Å². The molecule has 114 valence electrons. The van der Waals surface area contributed by atoms with Crippen LogP contribution in [0.25, 0.3) is 0 Å². The lowest BCUT2D eigenvalue weighted by Crippen LogP contribution is -2.25. The molecule has 0 radical (unpaired) electrons. The van der Waals surface area contributed by atoms with E-state index in [2.05, 4.69) is 58.7 Å². The van der Waals surface area contributed by atoms with Crippen LogP contribution in [-0.4, -0.2) is 4.98 Å². The van der Waals surface area contributed by atoms with Gasteiger partial charge in [-0.3, -0.25) is 4.98 Å². The van der Waals surface area contributed by atoms with Gasteiger partial charge in [0.05, 0.1) is 0 Å². The van der Waals surface area contributed by atoms with Crippen LogP contribution in [0.5, 0.6) is 0 Å². The van der Waals surface area contributed by atoms with E-state index >= 15 is 0 Å². The predicted molar refractivity (Wildman–Crippen MR) is 87.0 cm³/mol. The Kier molecular flexibility index (Phi) is 5.47. The van der Waals surface area contributed by atoms with Crippen molar-refractivity contribution >= 4 is 0 Å². The van der Waals surface area contributed by atoms with Crippen molar-refractivity contribution in [3.05, 3.63) is 65.4 Å². The molecule has 0 bridgehead atoms. The first-order chi connectivity index (χ1) is 9.60. The third kappa shape index (κ3) is 5.94. The second-order valence-electron chi connectivity index (χ2n) is 7.18. The van der Waals surface area contributed by atoms with Crippen molar-refractivity contribution in [3.8, 4) is 0 Å². The van der Waals surface area contributed by atoms with Gasteiger partial charge in [-0.1, -0.05) is 41.5 Å². The van der Waals surface area contributed by atoms with Crippen LogP contribution < -0.4 is 4.73 Å². The Balaban J connectivity index is 0.000000211. The van der Waals surface area contributed by atoms with Crippen LogP contribution in [0.3, 0.4) is 0 Å². The molecule has 0 aliphatic heterocycles. The van der Waals surface area contributed by atoms with Gasteiger partial charge in [0.25, 0.3) is 0 Å². The largest absolute Gasteiger partial charge is 0.619 e. The van der Waals surface area contributed by atoms with Gasteiger partial charge in [0.1, 0.15) is 0 Å². The Hall–Kier alpha value is -1.90. The van der Waals surface area contributed by atoms with Crippen LogP contribution in [0.4, 0.5) is 0 Å². The third-order valence-corrected chi connectivity index (χ3v) is 3.21. The van der Waals surface area contributed by atoms with Gasteiger partial charge in [0, 0.05) is 24.5 Å². The summed E-state index contributed by atoms with van der Waals surface area (Å²) in [6.07, 6.45) is 6.72. The van der Waals surface area contributed by atoms with Crippen molar-refractivity contribution in [2.45, 2.75) is 52.4 Å². The van der Waals surface area contributed by atoms with Crippen molar-refractivity contribution < 1.29 is 4.73 Å². The van der Waals surface area contributed by atoms with Crippen LogP contribution >= 0.6 is 0 Å². The molecule has 0 N–H and O–H groups in total. The lowest BCUT2D eigenvalue weighted by molar-refractivity contribution is -0.605. The van der Waals surface area contributed by atoms with E-state index in [0.717, 1.165) is 4.73 Å². The highest BCUT2D eigenvalue weighted by molar-refractivity contribution is 5.19. The Labute approximate surface area is 128 Å². The Morgan fingerprint density at radius 2 is 1.14 bits per heavy atom. The molecule has 2 rings (SSSR count). The highest BCUT2D eigenvalue weighted by Crippen LogP contribution is 2.20. The van der Waals surface area contributed by atoms with Gasteiger partial charge in [-0.25, -0.2) is 0 Å². The van der Waals surface area contributed by atoms with Crippen LogP contribution in [0.1, 0.15) is 52.7 Å². The average molecular weight is 286 g/mol. The van der Waals surface area contributed by atoms with Crippen LogP contribution in [-0.2, 0) is 10.8 Å². The second kappa shape index (κ2) is 6.70. The molecule has 0 atom stereocenters. The summed E-state index contributed by atoms with van der Waals surface area (Å²) in [6, 6.07) is 7.82. The number of hydrogen-bond donors (Lipinski definition) is 0. The molecule has 0 aliphatic rings. The van der Waals surface area contributed by atoms with E-state index in [4.69, 9.17) is 0 Å². The summed E-state index contributed by atoms with van der Waals surface area (Å²) in [5.74, 6) is 0. The Morgan fingerprint density at radius 1 is 0.762 bits per heavy atom. The van der Waals surface area contributed by atoms with Gasteiger partial charge < -0.3 is 5.21 Å². The molecular weight excluding hydrogens is 260 g/mol. The third-order valence-electron chi connectivity index (χ3n) is 3.21. The van der Waals surface area contributed by atoms with Gasteiger partial charge >= 0.3 is 0 Å². The minimum atomic E-state index is 0.133. The molecule has 0 unspecified atom stereocenters. The smallest absolute Gasteiger partial charge is 0.180 e. The molecule has 0 fully saturated rings. The summed E-state index contributed by atoms with van der Waals surface area (Å²) in [5.41, 5.74) is 2.91. The molecule has 0 saturated carbocycles. The lowest BCUT2D eigenvalue weighted by atomic mass is 9.88. The number of hydrogen-bond acceptors (Lipinski definition) is 2. The number of pyridine rings is 2. The Bertz CT molecular complexity index is 534. The topological polar surface area (TPSA) is 39.8 Å². The molecular formula is C18H26N2O. The van der Waals surface area contributed by atoms with E-state index in [1.165, 1.54) is 23.5 Å². The summed E-state index contributed by atoms with van der Waals surface area (Å²) in [4.78, 5) is 3.96. The predicted octanol–water partition coefficient (Wildman–Crippen LogP) is 4.00. The van der Waals surface area contributed by atoms with Crippen LogP contribution in [0.2, 0.25) is 0 Å². The van der Waals surface area contributed by atoms with Gasteiger partial charge in [-0.15, -0.1) is 0 Å². The number of aromatic nitrogens is 2. The first kappa shape index (κ1) is 17.2. The number of nitrogens with zero attached hydrogens (tertiary/aromatic N) is 2. The zero-order valence-corrected chi connectivity index (χ0v) is 13.9. The fourth-order valence-electron chi connectivity index (χ4n) is 1.76. The van der Waals surface area contributed by atoms with Crippen molar-refractivity contribution in [1.29, 1.82) is 0 Å². The summed E-state index contributed by atoms with van der Waals surface area (Å²) >= 11 is 0. The zero-order chi connectivity index (χ0) is 16.1. The highest BCUT2D eigenvalue weighted by Gasteiger charge is 2.13. The van der Waals surface area contributed by atoms with E-state index in [0.29, 0.717) is 0 Å². The van der Waals surface area contributed by atoms with Crippen LogP contribution in [0, 0.1) is 5.21 Å². The van der Waals surface area contributed by atoms with E-state index < -0.39 is 0 Å². The van der Waals surface area contributed by atoms with Crippen molar-refractivity contribution in [2.24, 2.45) is 0 Å². The molecule has 2 aromatic rings. The maximum atomic E-state index is 10.7. The fraction of sp³-hybridized carbons (Fsp3) is 0.444.